The number of hydrogen-bond donors (Lipinski definition) is 2. The summed E-state index contributed by atoms with van der Waals surface area (Å²) in [6.07, 6.45) is 2.42. The molecule has 0 aliphatic carbocycles. The highest BCUT2D eigenvalue weighted by molar-refractivity contribution is 5.26. The molecule has 6 nitrogen and oxygen atoms in total. The Hall–Kier alpha value is -1.56. The van der Waals surface area contributed by atoms with Crippen molar-refractivity contribution < 1.29 is 0 Å². The van der Waals surface area contributed by atoms with Crippen molar-refractivity contribution in [2.75, 3.05) is 18.8 Å². The summed E-state index contributed by atoms with van der Waals surface area (Å²) >= 11 is 0. The van der Waals surface area contributed by atoms with Crippen molar-refractivity contribution in [2.24, 2.45) is 0 Å². The molecule has 1 aliphatic rings. The number of nitrogens with zero attached hydrogens (tertiary/aromatic N) is 2. The summed E-state index contributed by atoms with van der Waals surface area (Å²) in [7, 11) is 0. The van der Waals surface area contributed by atoms with Gasteiger partial charge >= 0.3 is 5.69 Å². The van der Waals surface area contributed by atoms with E-state index in [9.17, 15) is 9.59 Å². The zero-order chi connectivity index (χ0) is 12.4. The fraction of sp³-hybridized carbons (Fsp3) is 0.636. The average Bonchev–Trinajstić information content (AvgIpc) is 2.76. The van der Waals surface area contributed by atoms with Gasteiger partial charge in [0, 0.05) is 18.7 Å². The highest BCUT2D eigenvalue weighted by atomic mass is 16.2. The molecule has 0 saturated carbocycles. The summed E-state index contributed by atoms with van der Waals surface area (Å²) in [5.41, 5.74) is 4.82. The molecule has 0 bridgehead atoms. The van der Waals surface area contributed by atoms with Crippen LogP contribution in [0.2, 0.25) is 0 Å². The van der Waals surface area contributed by atoms with Crippen molar-refractivity contribution in [1.29, 1.82) is 0 Å². The van der Waals surface area contributed by atoms with Gasteiger partial charge in [0.2, 0.25) is 0 Å². The van der Waals surface area contributed by atoms with Gasteiger partial charge < -0.3 is 5.73 Å². The van der Waals surface area contributed by atoms with Crippen molar-refractivity contribution in [3.63, 3.8) is 0 Å². The fourth-order valence-corrected chi connectivity index (χ4v) is 2.29. The van der Waals surface area contributed by atoms with E-state index in [4.69, 9.17) is 5.73 Å². The number of hydrogen-bond acceptors (Lipinski definition) is 4. The molecule has 1 aromatic heterocycles. The van der Waals surface area contributed by atoms with E-state index in [-0.39, 0.29) is 11.9 Å². The molecule has 0 aromatic carbocycles. The van der Waals surface area contributed by atoms with Crippen LogP contribution in [0.5, 0.6) is 0 Å². The van der Waals surface area contributed by atoms with Crippen molar-refractivity contribution in [3.05, 3.63) is 26.9 Å². The minimum absolute atomic E-state index is 0.227. The van der Waals surface area contributed by atoms with Crippen LogP contribution in [-0.2, 0) is 6.54 Å². The molecule has 2 rings (SSSR count). The molecule has 0 spiro atoms. The summed E-state index contributed by atoms with van der Waals surface area (Å²) in [6.45, 7) is 4.72. The van der Waals surface area contributed by atoms with Gasteiger partial charge in [-0.1, -0.05) is 0 Å². The Kier molecular flexibility index (Phi) is 3.33. The van der Waals surface area contributed by atoms with Crippen LogP contribution in [0.4, 0.5) is 5.82 Å². The van der Waals surface area contributed by atoms with E-state index >= 15 is 0 Å². The minimum Gasteiger partial charge on any atom is -0.385 e. The van der Waals surface area contributed by atoms with Gasteiger partial charge in [0.05, 0.1) is 0 Å². The van der Waals surface area contributed by atoms with Crippen LogP contribution in [0, 0.1) is 0 Å². The molecule has 6 heteroatoms. The lowest BCUT2D eigenvalue weighted by atomic mass is 10.3. The predicted molar refractivity (Wildman–Crippen MR) is 66.0 cm³/mol. The molecule has 94 valence electrons. The maximum atomic E-state index is 11.6. The largest absolute Gasteiger partial charge is 0.385 e. The van der Waals surface area contributed by atoms with Gasteiger partial charge in [-0.3, -0.25) is 19.2 Å². The number of nitrogens with one attached hydrogen (secondary N) is 1. The third kappa shape index (κ3) is 2.58. The Balaban J connectivity index is 2.18. The molecular weight excluding hydrogens is 220 g/mol. The van der Waals surface area contributed by atoms with Crippen molar-refractivity contribution in [3.8, 4) is 0 Å². The second-order valence-electron chi connectivity index (χ2n) is 4.57. The minimum atomic E-state index is -0.447. The summed E-state index contributed by atoms with van der Waals surface area (Å²) < 4.78 is 1.42. The summed E-state index contributed by atoms with van der Waals surface area (Å²) in [5.74, 6) is 0.227. The van der Waals surface area contributed by atoms with E-state index in [0.717, 1.165) is 13.1 Å². The zero-order valence-electron chi connectivity index (χ0n) is 9.98. The van der Waals surface area contributed by atoms with Crippen molar-refractivity contribution in [1.82, 2.24) is 14.5 Å². The first-order valence-corrected chi connectivity index (χ1v) is 5.91. The highest BCUT2D eigenvalue weighted by Crippen LogP contribution is 2.12. The lowest BCUT2D eigenvalue weighted by Gasteiger charge is -2.24. The third-order valence-corrected chi connectivity index (χ3v) is 3.28. The van der Waals surface area contributed by atoms with E-state index in [1.54, 1.807) is 0 Å². The Morgan fingerprint density at radius 3 is 2.65 bits per heavy atom. The summed E-state index contributed by atoms with van der Waals surface area (Å²) in [4.78, 5) is 27.2. The number of likely N-dealkylation sites (tertiary alicyclic amines) is 1. The SMILES string of the molecule is CC(Cn1c(N)cc(=O)[nH]c1=O)N1CCCC1. The van der Waals surface area contributed by atoms with Crippen LogP contribution in [-0.4, -0.2) is 33.6 Å². The summed E-state index contributed by atoms with van der Waals surface area (Å²) in [5, 5.41) is 0. The number of anilines is 1. The van der Waals surface area contributed by atoms with E-state index in [2.05, 4.69) is 16.8 Å². The second kappa shape index (κ2) is 4.75. The maximum Gasteiger partial charge on any atom is 0.329 e. The van der Waals surface area contributed by atoms with Gasteiger partial charge in [0.15, 0.2) is 0 Å². The molecule has 1 aromatic rings. The molecule has 0 radical (unpaired) electrons. The van der Waals surface area contributed by atoms with E-state index < -0.39 is 11.2 Å². The average molecular weight is 238 g/mol. The number of H-pyrrole nitrogens is 1. The molecule has 1 unspecified atom stereocenters. The lowest BCUT2D eigenvalue weighted by Crippen LogP contribution is -2.39. The van der Waals surface area contributed by atoms with Crippen LogP contribution < -0.4 is 17.0 Å². The number of nitrogens with two attached hydrogens (primary N) is 1. The monoisotopic (exact) mass is 238 g/mol. The molecule has 3 N–H and O–H groups in total. The highest BCUT2D eigenvalue weighted by Gasteiger charge is 2.19. The first-order valence-electron chi connectivity index (χ1n) is 5.91. The fourth-order valence-electron chi connectivity index (χ4n) is 2.29. The maximum absolute atomic E-state index is 11.6. The molecule has 1 aliphatic heterocycles. The Bertz CT molecular complexity index is 499. The standard InChI is InChI=1S/C11H18N4O2/c1-8(14-4-2-3-5-14)7-15-9(12)6-10(16)13-11(15)17/h6,8H,2-5,7,12H2,1H3,(H,13,16,17). The molecule has 0 amide bonds. The first-order chi connectivity index (χ1) is 8.08. The third-order valence-electron chi connectivity index (χ3n) is 3.28. The van der Waals surface area contributed by atoms with E-state index in [1.807, 2.05) is 0 Å². The van der Waals surface area contributed by atoms with Crippen molar-refractivity contribution in [2.45, 2.75) is 32.4 Å². The van der Waals surface area contributed by atoms with Crippen LogP contribution in [0.3, 0.4) is 0 Å². The summed E-state index contributed by atoms with van der Waals surface area (Å²) in [6, 6.07) is 1.50. The van der Waals surface area contributed by atoms with Gasteiger partial charge in [-0.05, 0) is 32.9 Å². The second-order valence-corrected chi connectivity index (χ2v) is 4.57. The van der Waals surface area contributed by atoms with Crippen LogP contribution in [0.1, 0.15) is 19.8 Å². The first kappa shape index (κ1) is 11.9. The normalized spacial score (nSPS) is 18.4. The molecule has 1 atom stereocenters. The number of nitrogen functional groups attached to an aromatic ring is 1. The van der Waals surface area contributed by atoms with E-state index in [0.29, 0.717) is 6.54 Å². The number of aromatic amines is 1. The van der Waals surface area contributed by atoms with Gasteiger partial charge in [-0.25, -0.2) is 4.79 Å². The van der Waals surface area contributed by atoms with Crippen LogP contribution in [0.15, 0.2) is 15.7 Å². The molecule has 1 fully saturated rings. The van der Waals surface area contributed by atoms with Crippen LogP contribution in [0.25, 0.3) is 0 Å². The van der Waals surface area contributed by atoms with Gasteiger partial charge in [-0.15, -0.1) is 0 Å². The zero-order valence-corrected chi connectivity index (χ0v) is 9.98. The molecule has 1 saturated heterocycles. The molecule has 2 heterocycles. The Morgan fingerprint density at radius 2 is 2.06 bits per heavy atom. The number of rotatable bonds is 3. The topological polar surface area (TPSA) is 84.1 Å². The van der Waals surface area contributed by atoms with E-state index in [1.165, 1.54) is 23.5 Å². The van der Waals surface area contributed by atoms with Gasteiger partial charge in [-0.2, -0.15) is 0 Å². The van der Waals surface area contributed by atoms with Crippen molar-refractivity contribution >= 4 is 5.82 Å². The predicted octanol–water partition coefficient (Wildman–Crippen LogP) is -0.397. The number of aromatic nitrogens is 2. The Morgan fingerprint density at radius 1 is 1.41 bits per heavy atom. The quantitative estimate of drug-likeness (QED) is 0.750. The molecule has 17 heavy (non-hydrogen) atoms. The Labute approximate surface area is 99.1 Å². The van der Waals surface area contributed by atoms with Gasteiger partial charge in [0.1, 0.15) is 5.82 Å². The molecular formula is C11H18N4O2. The smallest absolute Gasteiger partial charge is 0.329 e. The lowest BCUT2D eigenvalue weighted by molar-refractivity contribution is 0.234. The van der Waals surface area contributed by atoms with Gasteiger partial charge in [0.25, 0.3) is 5.56 Å². The van der Waals surface area contributed by atoms with Crippen LogP contribution >= 0.6 is 0 Å².